The van der Waals surface area contributed by atoms with E-state index >= 15 is 0 Å². The highest BCUT2D eigenvalue weighted by Gasteiger charge is 2.21. The average Bonchev–Trinajstić information content (AvgIpc) is 3.00. The molecule has 7 nitrogen and oxygen atoms in total. The molecule has 0 radical (unpaired) electrons. The number of carboxylic acid groups (broad SMARTS) is 1. The molecule has 1 aliphatic rings. The lowest BCUT2D eigenvalue weighted by Gasteiger charge is -2.27. The third-order valence-electron chi connectivity index (χ3n) is 4.37. The molecule has 1 saturated heterocycles. The fraction of sp³-hybridized carbons (Fsp3) is 0.278. The minimum absolute atomic E-state index is 0.0370. The van der Waals surface area contributed by atoms with Crippen molar-refractivity contribution in [2.24, 2.45) is 0 Å². The van der Waals surface area contributed by atoms with Crippen LogP contribution in [-0.4, -0.2) is 52.0 Å². The summed E-state index contributed by atoms with van der Waals surface area (Å²) in [5.74, 6) is -0.176. The Labute approximate surface area is 154 Å². The van der Waals surface area contributed by atoms with Crippen molar-refractivity contribution in [1.82, 2.24) is 14.6 Å². The first-order chi connectivity index (χ1) is 12.6. The van der Waals surface area contributed by atoms with E-state index in [9.17, 15) is 9.90 Å². The van der Waals surface area contributed by atoms with E-state index in [4.69, 9.17) is 21.4 Å². The van der Waals surface area contributed by atoms with Crippen molar-refractivity contribution in [3.63, 3.8) is 0 Å². The van der Waals surface area contributed by atoms with E-state index < -0.39 is 5.97 Å². The highest BCUT2D eigenvalue weighted by molar-refractivity contribution is 6.30. The smallest absolute Gasteiger partial charge is 0.354 e. The highest BCUT2D eigenvalue weighted by Crippen LogP contribution is 2.28. The van der Waals surface area contributed by atoms with Gasteiger partial charge in [-0.15, -0.1) is 5.10 Å². The van der Waals surface area contributed by atoms with Crippen LogP contribution in [0.25, 0.3) is 5.52 Å². The minimum atomic E-state index is -1.04. The molecule has 0 aliphatic carbocycles. The second-order valence-corrected chi connectivity index (χ2v) is 6.51. The van der Waals surface area contributed by atoms with Crippen molar-refractivity contribution in [2.45, 2.75) is 6.42 Å². The molecule has 1 fully saturated rings. The molecular formula is C18H17ClN4O3. The monoisotopic (exact) mass is 372 g/mol. The Morgan fingerprint density at radius 3 is 2.81 bits per heavy atom. The molecule has 134 valence electrons. The summed E-state index contributed by atoms with van der Waals surface area (Å²) >= 11 is 6.11. The minimum Gasteiger partial charge on any atom is -0.477 e. The molecule has 0 amide bonds. The van der Waals surface area contributed by atoms with Crippen molar-refractivity contribution in [2.75, 3.05) is 31.2 Å². The summed E-state index contributed by atoms with van der Waals surface area (Å²) in [6.45, 7) is 2.82. The Hall–Kier alpha value is -2.64. The van der Waals surface area contributed by atoms with Gasteiger partial charge in [-0.25, -0.2) is 14.3 Å². The number of morpholine rings is 1. The quantitative estimate of drug-likeness (QED) is 0.758. The molecule has 26 heavy (non-hydrogen) atoms. The maximum absolute atomic E-state index is 11.2. The lowest BCUT2D eigenvalue weighted by Crippen LogP contribution is -2.37. The summed E-state index contributed by atoms with van der Waals surface area (Å²) in [5.41, 5.74) is 2.65. The molecule has 0 atom stereocenters. The molecule has 0 aromatic carbocycles. The molecule has 8 heteroatoms. The SMILES string of the molecule is O=C(O)c1cccc(Cc2c(N3CCOCC3)nn3cc(Cl)ccc23)n1. The molecule has 4 rings (SSSR count). The number of carbonyl (C=O) groups is 1. The number of hydrogen-bond acceptors (Lipinski definition) is 5. The molecule has 0 unspecified atom stereocenters. The van der Waals surface area contributed by atoms with Crippen molar-refractivity contribution in [3.05, 3.63) is 58.5 Å². The molecule has 1 N–H and O–H groups in total. The van der Waals surface area contributed by atoms with Crippen LogP contribution in [0.15, 0.2) is 36.5 Å². The van der Waals surface area contributed by atoms with E-state index in [1.165, 1.54) is 6.07 Å². The van der Waals surface area contributed by atoms with Gasteiger partial charge < -0.3 is 14.7 Å². The van der Waals surface area contributed by atoms with Crippen LogP contribution in [-0.2, 0) is 11.2 Å². The number of fused-ring (bicyclic) bond motifs is 1. The third-order valence-corrected chi connectivity index (χ3v) is 4.59. The van der Waals surface area contributed by atoms with E-state index in [-0.39, 0.29) is 5.69 Å². The predicted molar refractivity (Wildman–Crippen MR) is 97.2 cm³/mol. The summed E-state index contributed by atoms with van der Waals surface area (Å²) in [6, 6.07) is 8.78. The van der Waals surface area contributed by atoms with Crippen LogP contribution < -0.4 is 4.90 Å². The Kier molecular flexibility index (Phi) is 4.48. The van der Waals surface area contributed by atoms with Gasteiger partial charge in [-0.3, -0.25) is 0 Å². The summed E-state index contributed by atoms with van der Waals surface area (Å²) < 4.78 is 7.21. The molecule has 1 aliphatic heterocycles. The normalized spacial score (nSPS) is 14.7. The number of carboxylic acids is 1. The average molecular weight is 373 g/mol. The van der Waals surface area contributed by atoms with Gasteiger partial charge >= 0.3 is 5.97 Å². The van der Waals surface area contributed by atoms with E-state index in [2.05, 4.69) is 9.88 Å². The number of hydrogen-bond donors (Lipinski definition) is 1. The van der Waals surface area contributed by atoms with Gasteiger partial charge in [0.1, 0.15) is 5.69 Å². The largest absolute Gasteiger partial charge is 0.477 e. The summed E-state index contributed by atoms with van der Waals surface area (Å²) in [6.07, 6.45) is 2.25. The lowest BCUT2D eigenvalue weighted by molar-refractivity contribution is 0.0690. The third kappa shape index (κ3) is 3.23. The molecular weight excluding hydrogens is 356 g/mol. The zero-order valence-electron chi connectivity index (χ0n) is 13.9. The number of pyridine rings is 2. The van der Waals surface area contributed by atoms with Crippen LogP contribution in [0.5, 0.6) is 0 Å². The Morgan fingerprint density at radius 2 is 2.04 bits per heavy atom. The Balaban J connectivity index is 1.79. The maximum atomic E-state index is 11.2. The second kappa shape index (κ2) is 6.93. The predicted octanol–water partition coefficient (Wildman–Crippen LogP) is 2.51. The van der Waals surface area contributed by atoms with Gasteiger partial charge in [-0.1, -0.05) is 17.7 Å². The second-order valence-electron chi connectivity index (χ2n) is 6.07. The lowest BCUT2D eigenvalue weighted by atomic mass is 10.1. The van der Waals surface area contributed by atoms with Crippen LogP contribution in [0.3, 0.4) is 0 Å². The van der Waals surface area contributed by atoms with Gasteiger partial charge in [0.15, 0.2) is 5.82 Å². The standard InChI is InChI=1S/C18H17ClN4O3/c19-12-4-5-16-14(10-13-2-1-3-15(20-13)18(24)25)17(21-23(16)11-12)22-6-8-26-9-7-22/h1-5,11H,6-10H2,(H,24,25). The summed E-state index contributed by atoms with van der Waals surface area (Å²) in [4.78, 5) is 17.6. The molecule has 0 saturated carbocycles. The molecule has 3 aromatic rings. The Morgan fingerprint density at radius 1 is 1.23 bits per heavy atom. The van der Waals surface area contributed by atoms with Crippen LogP contribution in [0.1, 0.15) is 21.7 Å². The van der Waals surface area contributed by atoms with E-state index in [1.54, 1.807) is 16.8 Å². The van der Waals surface area contributed by atoms with Crippen molar-refractivity contribution in [1.29, 1.82) is 0 Å². The number of anilines is 1. The molecule has 0 spiro atoms. The van der Waals surface area contributed by atoms with Crippen LogP contribution >= 0.6 is 11.6 Å². The number of aromatic nitrogens is 3. The van der Waals surface area contributed by atoms with E-state index in [1.807, 2.05) is 18.2 Å². The first-order valence-electron chi connectivity index (χ1n) is 8.30. The zero-order chi connectivity index (χ0) is 18.1. The molecule has 3 aromatic heterocycles. The van der Waals surface area contributed by atoms with Gasteiger partial charge in [0.05, 0.1) is 23.8 Å². The number of aromatic carboxylic acids is 1. The summed E-state index contributed by atoms with van der Waals surface area (Å²) in [7, 11) is 0. The number of halogens is 1. The number of ether oxygens (including phenoxy) is 1. The van der Waals surface area contributed by atoms with E-state index in [0.29, 0.717) is 30.4 Å². The zero-order valence-corrected chi connectivity index (χ0v) is 14.7. The molecule has 4 heterocycles. The highest BCUT2D eigenvalue weighted by atomic mass is 35.5. The van der Waals surface area contributed by atoms with Gasteiger partial charge in [-0.05, 0) is 24.3 Å². The van der Waals surface area contributed by atoms with Gasteiger partial charge in [0.2, 0.25) is 0 Å². The first-order valence-corrected chi connectivity index (χ1v) is 8.68. The number of rotatable bonds is 4. The van der Waals surface area contributed by atoms with Gasteiger partial charge in [0.25, 0.3) is 0 Å². The fourth-order valence-corrected chi connectivity index (χ4v) is 3.30. The molecule has 0 bridgehead atoms. The Bertz CT molecular complexity index is 966. The van der Waals surface area contributed by atoms with Crippen molar-refractivity contribution in [3.8, 4) is 0 Å². The van der Waals surface area contributed by atoms with E-state index in [0.717, 1.165) is 30.0 Å². The van der Waals surface area contributed by atoms with Crippen LogP contribution in [0.4, 0.5) is 5.82 Å². The van der Waals surface area contributed by atoms with Crippen LogP contribution in [0.2, 0.25) is 5.02 Å². The fourth-order valence-electron chi connectivity index (χ4n) is 3.14. The van der Waals surface area contributed by atoms with Gasteiger partial charge in [-0.2, -0.15) is 0 Å². The van der Waals surface area contributed by atoms with Crippen molar-refractivity contribution < 1.29 is 14.6 Å². The first kappa shape index (κ1) is 16.8. The number of nitrogens with zero attached hydrogens (tertiary/aromatic N) is 4. The maximum Gasteiger partial charge on any atom is 0.354 e. The van der Waals surface area contributed by atoms with Crippen LogP contribution in [0, 0.1) is 0 Å². The van der Waals surface area contributed by atoms with Gasteiger partial charge in [0, 0.05) is 37.0 Å². The summed E-state index contributed by atoms with van der Waals surface area (Å²) in [5, 5.41) is 14.5. The topological polar surface area (TPSA) is 80.0 Å². The van der Waals surface area contributed by atoms with Crippen molar-refractivity contribution >= 4 is 28.9 Å².